The van der Waals surface area contributed by atoms with E-state index in [2.05, 4.69) is 186 Å². The Labute approximate surface area is 306 Å². The number of aryl methyl sites for hydroxylation is 1. The Morgan fingerprint density at radius 2 is 1.04 bits per heavy atom. The van der Waals surface area contributed by atoms with Gasteiger partial charge in [-0.3, -0.25) is 4.57 Å². The molecule has 3 aromatic heterocycles. The van der Waals surface area contributed by atoms with Crippen LogP contribution in [0.1, 0.15) is 5.56 Å². The molecular weight excluding hydrogens is 651 g/mol. The topological polar surface area (TPSA) is 21.1 Å². The highest BCUT2D eigenvalue weighted by Crippen LogP contribution is 2.42. The van der Waals surface area contributed by atoms with Crippen LogP contribution in [0, 0.1) is 6.92 Å². The first kappa shape index (κ1) is 30.3. The first-order chi connectivity index (χ1) is 25.7. The van der Waals surface area contributed by atoms with Gasteiger partial charge in [0.05, 0.1) is 11.0 Å². The van der Waals surface area contributed by atoms with Gasteiger partial charge in [-0.05, 0) is 101 Å². The summed E-state index contributed by atoms with van der Waals surface area (Å²) in [5.41, 5.74) is 11.6. The Kier molecular flexibility index (Phi) is 7.22. The third-order valence-electron chi connectivity index (χ3n) is 10.2. The maximum absolute atomic E-state index is 4.78. The van der Waals surface area contributed by atoms with Crippen molar-refractivity contribution in [3.05, 3.63) is 188 Å². The molecule has 0 radical (unpaired) electrons. The number of hydrogen-bond donors (Lipinski definition) is 0. The fourth-order valence-corrected chi connectivity index (χ4v) is 8.77. The predicted molar refractivity (Wildman–Crippen MR) is 222 cm³/mol. The maximum Gasteiger partial charge on any atom is 0.140 e. The second-order valence-corrected chi connectivity index (χ2v) is 14.4. The highest BCUT2D eigenvalue weighted by molar-refractivity contribution is 7.25. The van der Waals surface area contributed by atoms with Crippen LogP contribution in [0.15, 0.2) is 182 Å². The van der Waals surface area contributed by atoms with Crippen molar-refractivity contribution in [2.45, 2.75) is 6.92 Å². The van der Waals surface area contributed by atoms with Crippen molar-refractivity contribution in [3.8, 4) is 28.1 Å². The zero-order chi connectivity index (χ0) is 34.6. The van der Waals surface area contributed by atoms with Crippen molar-refractivity contribution in [2.75, 3.05) is 4.90 Å². The molecule has 0 N–H and O–H groups in total. The highest BCUT2D eigenvalue weighted by atomic mass is 32.1. The number of hydrogen-bond acceptors (Lipinski definition) is 3. The van der Waals surface area contributed by atoms with Gasteiger partial charge in [0.2, 0.25) is 0 Å². The van der Waals surface area contributed by atoms with Gasteiger partial charge in [-0.25, -0.2) is 4.98 Å². The van der Waals surface area contributed by atoms with Gasteiger partial charge >= 0.3 is 0 Å². The van der Waals surface area contributed by atoms with E-state index in [4.69, 9.17) is 4.98 Å². The molecule has 246 valence electrons. The van der Waals surface area contributed by atoms with E-state index in [1.165, 1.54) is 53.2 Å². The Hall–Kier alpha value is -6.49. The third kappa shape index (κ3) is 5.07. The van der Waals surface area contributed by atoms with E-state index < -0.39 is 0 Å². The minimum absolute atomic E-state index is 0.969. The molecule has 0 atom stereocenters. The van der Waals surface area contributed by atoms with E-state index in [1.807, 2.05) is 23.6 Å². The van der Waals surface area contributed by atoms with Crippen molar-refractivity contribution < 1.29 is 0 Å². The number of rotatable bonds is 6. The number of fused-ring (bicyclic) bond motifs is 6. The smallest absolute Gasteiger partial charge is 0.140 e. The molecule has 3 heterocycles. The lowest BCUT2D eigenvalue weighted by Gasteiger charge is -2.26. The molecule has 0 amide bonds. The molecular formula is C48H33N3S. The molecule has 0 bridgehead atoms. The summed E-state index contributed by atoms with van der Waals surface area (Å²) in [4.78, 5) is 7.15. The summed E-state index contributed by atoms with van der Waals surface area (Å²) in [5.74, 6) is 0.969. The molecule has 0 aliphatic heterocycles. The van der Waals surface area contributed by atoms with Gasteiger partial charge < -0.3 is 4.90 Å². The fourth-order valence-electron chi connectivity index (χ4n) is 7.63. The number of para-hydroxylation sites is 1. The van der Waals surface area contributed by atoms with Gasteiger partial charge in [-0.15, -0.1) is 11.3 Å². The number of pyridine rings is 1. The zero-order valence-corrected chi connectivity index (χ0v) is 29.4. The summed E-state index contributed by atoms with van der Waals surface area (Å²) in [7, 11) is 0. The van der Waals surface area contributed by atoms with Crippen LogP contribution in [-0.4, -0.2) is 9.55 Å². The first-order valence-corrected chi connectivity index (χ1v) is 18.4. The van der Waals surface area contributed by atoms with Crippen LogP contribution in [-0.2, 0) is 0 Å². The molecule has 0 aliphatic carbocycles. The van der Waals surface area contributed by atoms with Gasteiger partial charge in [0, 0.05) is 54.2 Å². The Bertz CT molecular complexity index is 2900. The van der Waals surface area contributed by atoms with Crippen LogP contribution >= 0.6 is 11.3 Å². The number of nitrogens with zero attached hydrogens (tertiary/aromatic N) is 3. The summed E-state index contributed by atoms with van der Waals surface area (Å²) in [6, 6.07) is 63.6. The molecule has 0 saturated carbocycles. The van der Waals surface area contributed by atoms with Gasteiger partial charge in [0.1, 0.15) is 5.82 Å². The van der Waals surface area contributed by atoms with Crippen molar-refractivity contribution >= 4 is 70.4 Å². The predicted octanol–water partition coefficient (Wildman–Crippen LogP) is 13.7. The van der Waals surface area contributed by atoms with Crippen LogP contribution < -0.4 is 4.90 Å². The summed E-state index contributed by atoms with van der Waals surface area (Å²) in [5, 5.41) is 5.06. The van der Waals surface area contributed by atoms with Crippen molar-refractivity contribution in [1.82, 2.24) is 9.55 Å². The molecule has 0 fully saturated rings. The van der Waals surface area contributed by atoms with Crippen molar-refractivity contribution in [1.29, 1.82) is 0 Å². The number of anilines is 3. The minimum Gasteiger partial charge on any atom is -0.310 e. The van der Waals surface area contributed by atoms with E-state index in [9.17, 15) is 0 Å². The zero-order valence-electron chi connectivity index (χ0n) is 28.6. The molecule has 0 unspecified atom stereocenters. The molecule has 4 heteroatoms. The van der Waals surface area contributed by atoms with Crippen molar-refractivity contribution in [2.24, 2.45) is 0 Å². The molecule has 3 nitrogen and oxygen atoms in total. The molecule has 0 spiro atoms. The van der Waals surface area contributed by atoms with Crippen LogP contribution in [0.2, 0.25) is 0 Å². The Balaban J connectivity index is 1.07. The normalized spacial score (nSPS) is 11.6. The highest BCUT2D eigenvalue weighted by Gasteiger charge is 2.17. The van der Waals surface area contributed by atoms with E-state index in [0.717, 1.165) is 39.5 Å². The average Bonchev–Trinajstić information content (AvgIpc) is 3.74. The SMILES string of the molecule is Cc1cccnc1-n1c2ccccc2c2cc(-c3ccc(N(c4ccc(-c5ccccc5)cc4)c4ccc5c(c4)sc4ccccc45)cc3)ccc21. The lowest BCUT2D eigenvalue weighted by Crippen LogP contribution is -2.09. The first-order valence-electron chi connectivity index (χ1n) is 17.6. The molecule has 10 rings (SSSR count). The molecule has 0 saturated heterocycles. The van der Waals surface area contributed by atoms with E-state index in [0.29, 0.717) is 0 Å². The third-order valence-corrected chi connectivity index (χ3v) is 11.3. The number of thiophene rings is 1. The molecule has 0 aliphatic rings. The van der Waals surface area contributed by atoms with E-state index in [-0.39, 0.29) is 0 Å². The average molecular weight is 684 g/mol. The quantitative estimate of drug-likeness (QED) is 0.174. The monoisotopic (exact) mass is 683 g/mol. The van der Waals surface area contributed by atoms with Crippen molar-refractivity contribution in [3.63, 3.8) is 0 Å². The van der Waals surface area contributed by atoms with Gasteiger partial charge in [-0.1, -0.05) is 109 Å². The largest absolute Gasteiger partial charge is 0.310 e. The minimum atomic E-state index is 0.969. The maximum atomic E-state index is 4.78. The molecule has 10 aromatic rings. The van der Waals surface area contributed by atoms with Gasteiger partial charge in [0.15, 0.2) is 0 Å². The summed E-state index contributed by atoms with van der Waals surface area (Å²) < 4.78 is 4.89. The van der Waals surface area contributed by atoms with Crippen LogP contribution in [0.3, 0.4) is 0 Å². The summed E-state index contributed by atoms with van der Waals surface area (Å²) >= 11 is 1.85. The van der Waals surface area contributed by atoms with E-state index >= 15 is 0 Å². The van der Waals surface area contributed by atoms with Gasteiger partial charge in [-0.2, -0.15) is 0 Å². The lowest BCUT2D eigenvalue weighted by atomic mass is 10.0. The van der Waals surface area contributed by atoms with Crippen LogP contribution in [0.25, 0.3) is 70.0 Å². The molecule has 7 aromatic carbocycles. The molecule has 52 heavy (non-hydrogen) atoms. The van der Waals surface area contributed by atoms with Gasteiger partial charge in [0.25, 0.3) is 0 Å². The second kappa shape index (κ2) is 12.4. The second-order valence-electron chi connectivity index (χ2n) is 13.3. The van der Waals surface area contributed by atoms with Crippen LogP contribution in [0.5, 0.6) is 0 Å². The number of aromatic nitrogens is 2. The summed E-state index contributed by atoms with van der Waals surface area (Å²) in [6.45, 7) is 2.13. The van der Waals surface area contributed by atoms with Crippen LogP contribution in [0.4, 0.5) is 17.1 Å². The summed E-state index contributed by atoms with van der Waals surface area (Å²) in [6.07, 6.45) is 1.88. The van der Waals surface area contributed by atoms with E-state index in [1.54, 1.807) is 0 Å². The number of benzene rings is 7. The Morgan fingerprint density at radius 3 is 1.81 bits per heavy atom. The fraction of sp³-hybridized carbons (Fsp3) is 0.0208. The lowest BCUT2D eigenvalue weighted by molar-refractivity contribution is 1.05. The Morgan fingerprint density at radius 1 is 0.442 bits per heavy atom. The standard InChI is InChI=1S/C48H33N3S/c1-32-10-9-29-49-48(32)51-44-15-7-5-13-40(44)43-30-36(21-28-45(43)51)35-19-24-38(25-20-35)50(37-22-17-34(18-23-37)33-11-3-2-4-12-33)39-26-27-42-41-14-6-8-16-46(41)52-47(42)31-39/h2-31H,1H3.